The summed E-state index contributed by atoms with van der Waals surface area (Å²) in [5, 5.41) is 2.97. The molecule has 0 fully saturated rings. The van der Waals surface area contributed by atoms with Crippen LogP contribution in [-0.4, -0.2) is 37.0 Å². The van der Waals surface area contributed by atoms with E-state index in [0.717, 1.165) is 28.7 Å². The van der Waals surface area contributed by atoms with Gasteiger partial charge in [0.1, 0.15) is 5.69 Å². The third-order valence-electron chi connectivity index (χ3n) is 4.59. The molecular formula is C22H20N6O. The van der Waals surface area contributed by atoms with E-state index in [1.807, 2.05) is 48.1 Å². The first-order valence-electron chi connectivity index (χ1n) is 9.27. The average molecular weight is 384 g/mol. The van der Waals surface area contributed by atoms with Crippen molar-refractivity contribution >= 4 is 5.91 Å². The summed E-state index contributed by atoms with van der Waals surface area (Å²) in [5.41, 5.74) is 4.33. The Morgan fingerprint density at radius 1 is 0.966 bits per heavy atom. The first-order chi connectivity index (χ1) is 14.2. The molecule has 0 atom stereocenters. The number of carbonyl (C=O) groups is 1. The maximum absolute atomic E-state index is 12.6. The lowest BCUT2D eigenvalue weighted by Crippen LogP contribution is -2.27. The normalized spacial score (nSPS) is 10.7. The highest BCUT2D eigenvalue weighted by atomic mass is 16.1. The molecule has 144 valence electrons. The van der Waals surface area contributed by atoms with Gasteiger partial charge in [0.15, 0.2) is 5.82 Å². The number of carbonyl (C=O) groups excluding carboxylic acids is 1. The predicted octanol–water partition coefficient (Wildman–Crippen LogP) is 2.91. The Labute approximate surface area is 168 Å². The second kappa shape index (κ2) is 8.43. The molecule has 0 aliphatic heterocycles. The molecule has 0 saturated carbocycles. The van der Waals surface area contributed by atoms with E-state index in [0.29, 0.717) is 18.1 Å². The van der Waals surface area contributed by atoms with E-state index in [9.17, 15) is 4.79 Å². The molecule has 0 aliphatic carbocycles. The molecule has 4 aromatic rings. The highest BCUT2D eigenvalue weighted by Gasteiger charge is 2.13. The fraction of sp³-hybridized carbons (Fsp3) is 0.136. The van der Waals surface area contributed by atoms with Crippen molar-refractivity contribution < 1.29 is 4.79 Å². The van der Waals surface area contributed by atoms with Crippen LogP contribution in [0, 0.1) is 0 Å². The Balaban J connectivity index is 1.44. The Bertz CT molecular complexity index is 1090. The van der Waals surface area contributed by atoms with Crippen LogP contribution >= 0.6 is 0 Å². The topological polar surface area (TPSA) is 85.6 Å². The minimum atomic E-state index is -0.110. The minimum Gasteiger partial charge on any atom is -0.350 e. The van der Waals surface area contributed by atoms with Crippen molar-refractivity contribution in [3.63, 3.8) is 0 Å². The van der Waals surface area contributed by atoms with E-state index in [4.69, 9.17) is 0 Å². The lowest BCUT2D eigenvalue weighted by atomic mass is 10.1. The van der Waals surface area contributed by atoms with Crippen LogP contribution in [0.3, 0.4) is 0 Å². The van der Waals surface area contributed by atoms with Crippen molar-refractivity contribution in [3.05, 3.63) is 85.0 Å². The molecule has 7 nitrogen and oxygen atoms in total. The number of rotatable bonds is 6. The minimum absolute atomic E-state index is 0.110. The summed E-state index contributed by atoms with van der Waals surface area (Å²) in [4.78, 5) is 29.5. The van der Waals surface area contributed by atoms with Gasteiger partial charge in [-0.15, -0.1) is 0 Å². The van der Waals surface area contributed by atoms with Gasteiger partial charge in [-0.3, -0.25) is 14.8 Å². The summed E-state index contributed by atoms with van der Waals surface area (Å²) in [7, 11) is 1.85. The molecule has 29 heavy (non-hydrogen) atoms. The van der Waals surface area contributed by atoms with Crippen LogP contribution in [0.15, 0.2) is 73.7 Å². The molecular weight excluding hydrogens is 364 g/mol. The van der Waals surface area contributed by atoms with Crippen LogP contribution in [0.1, 0.15) is 16.1 Å². The summed E-state index contributed by atoms with van der Waals surface area (Å²) in [6, 6.07) is 9.51. The van der Waals surface area contributed by atoms with E-state index in [-0.39, 0.29) is 5.91 Å². The molecule has 0 aromatic carbocycles. The molecule has 0 radical (unpaired) electrons. The van der Waals surface area contributed by atoms with Crippen LogP contribution in [0.2, 0.25) is 0 Å². The zero-order chi connectivity index (χ0) is 20.1. The molecule has 1 N–H and O–H groups in total. The quantitative estimate of drug-likeness (QED) is 0.552. The van der Waals surface area contributed by atoms with Gasteiger partial charge in [0, 0.05) is 73.7 Å². The Kier molecular flexibility index (Phi) is 5.38. The van der Waals surface area contributed by atoms with Gasteiger partial charge in [0.05, 0.1) is 0 Å². The summed E-state index contributed by atoms with van der Waals surface area (Å²) >= 11 is 0. The third-order valence-corrected chi connectivity index (χ3v) is 4.59. The van der Waals surface area contributed by atoms with Gasteiger partial charge in [-0.1, -0.05) is 0 Å². The molecule has 4 heterocycles. The number of aryl methyl sites for hydroxylation is 1. The predicted molar refractivity (Wildman–Crippen MR) is 110 cm³/mol. The first-order valence-corrected chi connectivity index (χ1v) is 9.27. The lowest BCUT2D eigenvalue weighted by molar-refractivity contribution is 0.0946. The highest BCUT2D eigenvalue weighted by molar-refractivity contribution is 5.94. The van der Waals surface area contributed by atoms with Crippen molar-refractivity contribution in [3.8, 4) is 22.5 Å². The number of nitrogens with zero attached hydrogens (tertiary/aromatic N) is 5. The summed E-state index contributed by atoms with van der Waals surface area (Å²) < 4.78 is 1.81. The number of hydrogen-bond acceptors (Lipinski definition) is 5. The first kappa shape index (κ1) is 18.5. The SMILES string of the molecule is Cn1cc(-c2cnc(-c3cccnc3)nc2)cc1C(=O)NCCc1ccncc1. The fourth-order valence-corrected chi connectivity index (χ4v) is 3.03. The maximum atomic E-state index is 12.6. The van der Waals surface area contributed by atoms with Crippen molar-refractivity contribution in [1.82, 2.24) is 29.8 Å². The van der Waals surface area contributed by atoms with E-state index in [1.54, 1.807) is 37.2 Å². The summed E-state index contributed by atoms with van der Waals surface area (Å²) in [5.74, 6) is 0.507. The van der Waals surface area contributed by atoms with Crippen LogP contribution < -0.4 is 5.32 Å². The Morgan fingerprint density at radius 3 is 2.48 bits per heavy atom. The molecule has 7 heteroatoms. The van der Waals surface area contributed by atoms with Gasteiger partial charge in [-0.2, -0.15) is 0 Å². The Morgan fingerprint density at radius 2 is 1.76 bits per heavy atom. The molecule has 0 aliphatic rings. The monoisotopic (exact) mass is 384 g/mol. The smallest absolute Gasteiger partial charge is 0.267 e. The summed E-state index contributed by atoms with van der Waals surface area (Å²) in [6.07, 6.45) is 13.1. The largest absolute Gasteiger partial charge is 0.350 e. The van der Waals surface area contributed by atoms with Gasteiger partial charge in [-0.05, 0) is 42.3 Å². The molecule has 0 saturated heterocycles. The fourth-order valence-electron chi connectivity index (χ4n) is 3.03. The number of hydrogen-bond donors (Lipinski definition) is 1. The highest BCUT2D eigenvalue weighted by Crippen LogP contribution is 2.22. The van der Waals surface area contributed by atoms with Crippen molar-refractivity contribution in [2.75, 3.05) is 6.54 Å². The second-order valence-electron chi connectivity index (χ2n) is 6.62. The molecule has 4 aromatic heterocycles. The standard InChI is InChI=1S/C22H20N6O/c1-28-15-18(19-13-26-21(27-14-19)17-3-2-7-24-12-17)11-20(28)22(29)25-10-6-16-4-8-23-9-5-16/h2-5,7-9,11-15H,6,10H2,1H3,(H,25,29). The zero-order valence-electron chi connectivity index (χ0n) is 16.0. The average Bonchev–Trinajstić information content (AvgIpc) is 3.17. The van der Waals surface area contributed by atoms with Crippen LogP contribution in [0.5, 0.6) is 0 Å². The lowest BCUT2D eigenvalue weighted by Gasteiger charge is -2.05. The number of nitrogens with one attached hydrogen (secondary N) is 1. The van der Waals surface area contributed by atoms with Gasteiger partial charge in [0.25, 0.3) is 5.91 Å². The molecule has 0 unspecified atom stereocenters. The third kappa shape index (κ3) is 4.35. The number of amides is 1. The van der Waals surface area contributed by atoms with Crippen molar-refractivity contribution in [2.24, 2.45) is 7.05 Å². The van der Waals surface area contributed by atoms with Gasteiger partial charge in [0.2, 0.25) is 0 Å². The van der Waals surface area contributed by atoms with Crippen LogP contribution in [-0.2, 0) is 13.5 Å². The maximum Gasteiger partial charge on any atom is 0.267 e. The van der Waals surface area contributed by atoms with Crippen molar-refractivity contribution in [1.29, 1.82) is 0 Å². The van der Waals surface area contributed by atoms with E-state index < -0.39 is 0 Å². The van der Waals surface area contributed by atoms with Crippen LogP contribution in [0.4, 0.5) is 0 Å². The molecule has 0 bridgehead atoms. The zero-order valence-corrected chi connectivity index (χ0v) is 16.0. The van der Waals surface area contributed by atoms with E-state index >= 15 is 0 Å². The number of pyridine rings is 2. The molecule has 1 amide bonds. The molecule has 4 rings (SSSR count). The van der Waals surface area contributed by atoms with Gasteiger partial charge in [-0.25, -0.2) is 9.97 Å². The number of aromatic nitrogens is 5. The van der Waals surface area contributed by atoms with Crippen molar-refractivity contribution in [2.45, 2.75) is 6.42 Å². The van der Waals surface area contributed by atoms with Crippen LogP contribution in [0.25, 0.3) is 22.5 Å². The summed E-state index contributed by atoms with van der Waals surface area (Å²) in [6.45, 7) is 0.562. The van der Waals surface area contributed by atoms with Gasteiger partial charge >= 0.3 is 0 Å². The second-order valence-corrected chi connectivity index (χ2v) is 6.62. The Hall–Kier alpha value is -3.87. The van der Waals surface area contributed by atoms with Gasteiger partial charge < -0.3 is 9.88 Å². The van der Waals surface area contributed by atoms with E-state index in [1.165, 1.54) is 0 Å². The molecule has 0 spiro atoms. The van der Waals surface area contributed by atoms with E-state index in [2.05, 4.69) is 25.3 Å².